The van der Waals surface area contributed by atoms with Crippen LogP contribution in [0.1, 0.15) is 25.2 Å². The number of thiazole rings is 1. The molecule has 7 nitrogen and oxygen atoms in total. The molecule has 0 aliphatic heterocycles. The number of benzene rings is 1. The van der Waals surface area contributed by atoms with Crippen molar-refractivity contribution in [3.8, 4) is 21.4 Å². The van der Waals surface area contributed by atoms with E-state index in [1.807, 2.05) is 11.4 Å². The van der Waals surface area contributed by atoms with E-state index in [2.05, 4.69) is 15.3 Å². The lowest BCUT2D eigenvalue weighted by Gasteiger charge is -2.12. The van der Waals surface area contributed by atoms with Crippen molar-refractivity contribution in [3.63, 3.8) is 0 Å². The molecule has 0 aliphatic carbocycles. The van der Waals surface area contributed by atoms with Gasteiger partial charge < -0.3 is 15.2 Å². The average molecular weight is 497 g/mol. The molecule has 0 aliphatic rings. The van der Waals surface area contributed by atoms with Crippen molar-refractivity contribution in [1.29, 1.82) is 0 Å². The Kier molecular flexibility index (Phi) is 5.38. The van der Waals surface area contributed by atoms with E-state index in [4.69, 9.17) is 4.74 Å². The molecule has 0 bridgehead atoms. The Morgan fingerprint density at radius 2 is 2.03 bits per heavy atom. The van der Waals surface area contributed by atoms with Crippen molar-refractivity contribution in [1.82, 2.24) is 19.9 Å². The predicted octanol–water partition coefficient (Wildman–Crippen LogP) is 6.03. The summed E-state index contributed by atoms with van der Waals surface area (Å²) >= 11 is 2.88. The highest BCUT2D eigenvalue weighted by Crippen LogP contribution is 2.41. The largest absolute Gasteiger partial charge is 0.453 e. The van der Waals surface area contributed by atoms with E-state index in [0.29, 0.717) is 33.6 Å². The minimum atomic E-state index is -1.02. The molecule has 34 heavy (non-hydrogen) atoms. The molecule has 0 spiro atoms. The minimum absolute atomic E-state index is 0.0579. The number of fused-ring (bicyclic) bond motifs is 2. The van der Waals surface area contributed by atoms with Crippen LogP contribution in [0.4, 0.5) is 9.18 Å². The van der Waals surface area contributed by atoms with E-state index in [1.54, 1.807) is 45.2 Å². The number of carbonyl (C=O) groups is 1. The topological polar surface area (TPSA) is 89.3 Å². The van der Waals surface area contributed by atoms with Gasteiger partial charge in [-0.2, -0.15) is 0 Å². The van der Waals surface area contributed by atoms with Gasteiger partial charge in [0.05, 0.1) is 26.3 Å². The number of halogens is 1. The first kappa shape index (κ1) is 22.5. The molecule has 0 unspecified atom stereocenters. The fourth-order valence-electron chi connectivity index (χ4n) is 3.71. The molecule has 5 aromatic rings. The Labute approximate surface area is 202 Å². The number of nitrogens with one attached hydrogen (secondary N) is 1. The number of aliphatic hydroxyl groups is 1. The monoisotopic (exact) mass is 496 g/mol. The fraction of sp³-hybridized carbons (Fsp3) is 0.208. The third-order valence-electron chi connectivity index (χ3n) is 5.42. The second-order valence-corrected chi connectivity index (χ2v) is 10.2. The first-order valence-electron chi connectivity index (χ1n) is 10.4. The SMILES string of the molecule is CNC(=O)n1c(C)cc2c(F)c(Oc3ccnc4cc(-c5nc(C(C)(C)O)cs5)sc34)ccc21. The molecular weight excluding hydrogens is 475 g/mol. The van der Waals surface area contributed by atoms with Gasteiger partial charge in [-0.1, -0.05) is 0 Å². The highest BCUT2D eigenvalue weighted by atomic mass is 32.1. The van der Waals surface area contributed by atoms with E-state index in [-0.39, 0.29) is 11.8 Å². The highest BCUT2D eigenvalue weighted by Gasteiger charge is 2.22. The number of aryl methyl sites for hydroxylation is 1. The van der Waals surface area contributed by atoms with E-state index >= 15 is 4.39 Å². The van der Waals surface area contributed by atoms with Crippen LogP contribution < -0.4 is 10.1 Å². The smallest absolute Gasteiger partial charge is 0.325 e. The van der Waals surface area contributed by atoms with Crippen LogP contribution in [0.25, 0.3) is 31.0 Å². The van der Waals surface area contributed by atoms with Crippen LogP contribution >= 0.6 is 22.7 Å². The Bertz CT molecular complexity index is 1560. The Hall–Kier alpha value is -3.34. The number of aromatic nitrogens is 3. The van der Waals surface area contributed by atoms with Gasteiger partial charge in [0.1, 0.15) is 16.4 Å². The van der Waals surface area contributed by atoms with Crippen LogP contribution in [0.2, 0.25) is 0 Å². The van der Waals surface area contributed by atoms with E-state index in [1.165, 1.54) is 40.4 Å². The second kappa shape index (κ2) is 8.15. The number of carbonyl (C=O) groups excluding carboxylic acids is 1. The number of ether oxygens (including phenoxy) is 1. The van der Waals surface area contributed by atoms with Crippen molar-refractivity contribution >= 4 is 49.8 Å². The molecule has 0 saturated carbocycles. The summed E-state index contributed by atoms with van der Waals surface area (Å²) < 4.78 is 23.6. The summed E-state index contributed by atoms with van der Waals surface area (Å²) in [4.78, 5) is 22.0. The number of thiophene rings is 1. The predicted molar refractivity (Wildman–Crippen MR) is 133 cm³/mol. The molecule has 2 N–H and O–H groups in total. The number of nitrogens with zero attached hydrogens (tertiary/aromatic N) is 3. The molecule has 0 fully saturated rings. The number of pyridine rings is 1. The van der Waals surface area contributed by atoms with Gasteiger partial charge in [0.25, 0.3) is 0 Å². The standard InChI is InChI=1S/C24H21FN4O3S2/c1-12-9-13-15(29(12)23(30)26-4)5-6-16(20(13)25)32-17-7-8-27-14-10-18(34-21(14)17)22-28-19(11-33-22)24(2,3)31/h5-11,31H,1-4H3,(H,26,30). The van der Waals surface area contributed by atoms with Crippen LogP contribution in [0, 0.1) is 12.7 Å². The Morgan fingerprint density at radius 1 is 1.24 bits per heavy atom. The third-order valence-corrected chi connectivity index (χ3v) is 7.57. The summed E-state index contributed by atoms with van der Waals surface area (Å²) in [7, 11) is 1.53. The molecule has 0 radical (unpaired) electrons. The fourth-order valence-corrected chi connectivity index (χ4v) is 5.82. The molecule has 1 aromatic carbocycles. The van der Waals surface area contributed by atoms with Crippen molar-refractivity contribution in [2.24, 2.45) is 0 Å². The van der Waals surface area contributed by atoms with Crippen molar-refractivity contribution in [3.05, 3.63) is 59.1 Å². The third kappa shape index (κ3) is 3.73. The van der Waals surface area contributed by atoms with Crippen LogP contribution in [-0.4, -0.2) is 32.7 Å². The lowest BCUT2D eigenvalue weighted by atomic mass is 10.1. The summed E-state index contributed by atoms with van der Waals surface area (Å²) in [6.07, 6.45) is 1.61. The van der Waals surface area contributed by atoms with Gasteiger partial charge in [-0.3, -0.25) is 9.55 Å². The second-order valence-electron chi connectivity index (χ2n) is 8.32. The van der Waals surface area contributed by atoms with Gasteiger partial charge >= 0.3 is 6.03 Å². The molecule has 5 rings (SSSR count). The number of amides is 1. The number of hydrogen-bond donors (Lipinski definition) is 2. The summed E-state index contributed by atoms with van der Waals surface area (Å²) in [5.41, 5.74) is 1.37. The van der Waals surface area contributed by atoms with Crippen molar-refractivity contribution < 1.29 is 19.0 Å². The molecule has 4 heterocycles. The maximum absolute atomic E-state index is 15.4. The quantitative estimate of drug-likeness (QED) is 0.317. The van der Waals surface area contributed by atoms with Crippen molar-refractivity contribution in [2.45, 2.75) is 26.4 Å². The van der Waals surface area contributed by atoms with Crippen LogP contribution in [0.5, 0.6) is 11.5 Å². The van der Waals surface area contributed by atoms with Crippen molar-refractivity contribution in [2.75, 3.05) is 7.05 Å². The first-order chi connectivity index (χ1) is 16.2. The first-order valence-corrected chi connectivity index (χ1v) is 12.1. The average Bonchev–Trinajstić information content (AvgIpc) is 3.51. The van der Waals surface area contributed by atoms with Gasteiger partial charge in [0, 0.05) is 35.8 Å². The zero-order valence-electron chi connectivity index (χ0n) is 18.8. The van der Waals surface area contributed by atoms with E-state index in [0.717, 1.165) is 14.6 Å². The summed E-state index contributed by atoms with van der Waals surface area (Å²) in [5.74, 6) is -0.0106. The Balaban J connectivity index is 1.54. The normalized spacial score (nSPS) is 11.9. The Morgan fingerprint density at radius 3 is 2.74 bits per heavy atom. The molecule has 10 heteroatoms. The van der Waals surface area contributed by atoms with Gasteiger partial charge in [-0.25, -0.2) is 14.2 Å². The maximum Gasteiger partial charge on any atom is 0.325 e. The number of hydrogen-bond acceptors (Lipinski definition) is 7. The summed E-state index contributed by atoms with van der Waals surface area (Å²) in [6.45, 7) is 5.14. The van der Waals surface area contributed by atoms with Crippen LogP contribution in [-0.2, 0) is 5.60 Å². The molecule has 0 saturated heterocycles. The maximum atomic E-state index is 15.4. The van der Waals surface area contributed by atoms with E-state index < -0.39 is 11.4 Å². The highest BCUT2D eigenvalue weighted by molar-refractivity contribution is 7.25. The van der Waals surface area contributed by atoms with Gasteiger partial charge in [-0.05, 0) is 45.0 Å². The molecule has 1 amide bonds. The molecular formula is C24H21FN4O3S2. The lowest BCUT2D eigenvalue weighted by Crippen LogP contribution is -2.25. The zero-order chi connectivity index (χ0) is 24.2. The molecule has 0 atom stereocenters. The van der Waals surface area contributed by atoms with Gasteiger partial charge in [0.15, 0.2) is 11.6 Å². The molecule has 174 valence electrons. The van der Waals surface area contributed by atoms with Gasteiger partial charge in [-0.15, -0.1) is 22.7 Å². The lowest BCUT2D eigenvalue weighted by molar-refractivity contribution is 0.0746. The zero-order valence-corrected chi connectivity index (χ0v) is 20.5. The summed E-state index contributed by atoms with van der Waals surface area (Å²) in [6, 6.07) is 8.08. The summed E-state index contributed by atoms with van der Waals surface area (Å²) in [5, 5.41) is 15.7. The van der Waals surface area contributed by atoms with Crippen LogP contribution in [0.15, 0.2) is 41.9 Å². The van der Waals surface area contributed by atoms with Gasteiger partial charge in [0.2, 0.25) is 0 Å². The minimum Gasteiger partial charge on any atom is -0.453 e. The number of rotatable bonds is 4. The van der Waals surface area contributed by atoms with E-state index in [9.17, 15) is 9.90 Å². The van der Waals surface area contributed by atoms with Crippen LogP contribution in [0.3, 0.4) is 0 Å². The molecule has 4 aromatic heterocycles.